The number of hydrogen-bond donors (Lipinski definition) is 2. The minimum absolute atomic E-state index is 0.0401. The smallest absolute Gasteiger partial charge is 0.349 e. The summed E-state index contributed by atoms with van der Waals surface area (Å²) in [5.41, 5.74) is 5.13. The number of ether oxygens (including phenoxy) is 1. The number of H-pyrrole nitrogens is 1. The molecule has 2 fully saturated rings. The molecule has 8 nitrogen and oxygen atoms in total. The molecule has 1 aromatic rings. The first kappa shape index (κ1) is 15.4. The standard InChI is InChI=1S/C14H24N6O2/c15-13-16-12(17-14(21)18-13)10-19-4-2-1-3-11(9-19)20-5-7-22-8-6-20/h11H,1-10H2,(H3,15,16,17,18,21)/t11-/m0/s1. The molecule has 3 heterocycles. The van der Waals surface area contributed by atoms with E-state index in [1.165, 1.54) is 19.3 Å². The number of hydrogen-bond acceptors (Lipinski definition) is 7. The highest BCUT2D eigenvalue weighted by Crippen LogP contribution is 2.18. The van der Waals surface area contributed by atoms with E-state index < -0.39 is 5.69 Å². The molecule has 1 atom stereocenters. The molecule has 3 rings (SSSR count). The van der Waals surface area contributed by atoms with Crippen LogP contribution < -0.4 is 11.4 Å². The van der Waals surface area contributed by atoms with Crippen LogP contribution in [0.2, 0.25) is 0 Å². The Balaban J connectivity index is 1.65. The zero-order valence-corrected chi connectivity index (χ0v) is 12.8. The molecule has 2 saturated heterocycles. The van der Waals surface area contributed by atoms with Gasteiger partial charge < -0.3 is 10.5 Å². The fourth-order valence-corrected chi connectivity index (χ4v) is 3.31. The first-order valence-corrected chi connectivity index (χ1v) is 7.97. The summed E-state index contributed by atoms with van der Waals surface area (Å²) in [5, 5.41) is 0. The zero-order valence-electron chi connectivity index (χ0n) is 12.8. The predicted molar refractivity (Wildman–Crippen MR) is 82.4 cm³/mol. The number of nitrogens with two attached hydrogens (primary N) is 1. The third-order valence-corrected chi connectivity index (χ3v) is 4.38. The molecule has 0 amide bonds. The first-order valence-electron chi connectivity index (χ1n) is 7.97. The lowest BCUT2D eigenvalue weighted by atomic mass is 10.1. The first-order chi connectivity index (χ1) is 10.7. The van der Waals surface area contributed by atoms with E-state index in [-0.39, 0.29) is 5.95 Å². The molecule has 1 aromatic heterocycles. The SMILES string of the molecule is Nc1nc(CN2CCCC[C@H](N3CCOCC3)C2)[nH]c(=O)n1. The molecule has 0 saturated carbocycles. The van der Waals surface area contributed by atoms with E-state index >= 15 is 0 Å². The van der Waals surface area contributed by atoms with Gasteiger partial charge in [0.1, 0.15) is 5.82 Å². The maximum absolute atomic E-state index is 11.4. The number of likely N-dealkylation sites (tertiary alicyclic amines) is 1. The maximum Gasteiger partial charge on any atom is 0.349 e. The molecule has 2 aliphatic rings. The molecule has 122 valence electrons. The number of nitrogen functional groups attached to an aromatic ring is 1. The van der Waals surface area contributed by atoms with Gasteiger partial charge in [0.25, 0.3) is 0 Å². The molecule has 0 aromatic carbocycles. The van der Waals surface area contributed by atoms with Gasteiger partial charge in [-0.2, -0.15) is 9.97 Å². The van der Waals surface area contributed by atoms with Gasteiger partial charge in [-0.05, 0) is 19.4 Å². The van der Waals surface area contributed by atoms with Crippen LogP contribution in [-0.4, -0.2) is 70.2 Å². The number of morpholine rings is 1. The van der Waals surface area contributed by atoms with Crippen molar-refractivity contribution in [3.8, 4) is 0 Å². The number of aromatic nitrogens is 3. The summed E-state index contributed by atoms with van der Waals surface area (Å²) in [7, 11) is 0. The highest BCUT2D eigenvalue weighted by molar-refractivity contribution is 5.12. The van der Waals surface area contributed by atoms with Crippen LogP contribution in [-0.2, 0) is 11.3 Å². The Morgan fingerprint density at radius 1 is 1.23 bits per heavy atom. The molecule has 3 N–H and O–H groups in total. The lowest BCUT2D eigenvalue weighted by Gasteiger charge is -2.36. The number of nitrogens with zero attached hydrogens (tertiary/aromatic N) is 4. The van der Waals surface area contributed by atoms with E-state index in [9.17, 15) is 4.79 Å². The lowest BCUT2D eigenvalue weighted by Crippen LogP contribution is -2.48. The van der Waals surface area contributed by atoms with Crippen LogP contribution in [0.3, 0.4) is 0 Å². The summed E-state index contributed by atoms with van der Waals surface area (Å²) in [6, 6.07) is 0.553. The minimum atomic E-state index is -0.429. The van der Waals surface area contributed by atoms with Gasteiger partial charge in [-0.3, -0.25) is 14.8 Å². The fourth-order valence-electron chi connectivity index (χ4n) is 3.31. The van der Waals surface area contributed by atoms with Gasteiger partial charge in [0.15, 0.2) is 0 Å². The third-order valence-electron chi connectivity index (χ3n) is 4.38. The number of aromatic amines is 1. The fraction of sp³-hybridized carbons (Fsp3) is 0.786. The molecule has 0 radical (unpaired) electrons. The molecule has 22 heavy (non-hydrogen) atoms. The van der Waals surface area contributed by atoms with Crippen molar-refractivity contribution in [1.29, 1.82) is 0 Å². The van der Waals surface area contributed by atoms with Gasteiger partial charge in [-0.25, -0.2) is 4.79 Å². The van der Waals surface area contributed by atoms with Crippen molar-refractivity contribution in [2.24, 2.45) is 0 Å². The highest BCUT2D eigenvalue weighted by atomic mass is 16.5. The molecule has 2 aliphatic heterocycles. The van der Waals surface area contributed by atoms with Crippen LogP contribution in [0.15, 0.2) is 4.79 Å². The zero-order chi connectivity index (χ0) is 15.4. The summed E-state index contributed by atoms with van der Waals surface area (Å²) in [4.78, 5) is 26.6. The normalized spacial score (nSPS) is 25.0. The quantitative estimate of drug-likeness (QED) is 0.771. The van der Waals surface area contributed by atoms with Gasteiger partial charge >= 0.3 is 5.69 Å². The van der Waals surface area contributed by atoms with E-state index in [1.54, 1.807) is 0 Å². The second-order valence-corrected chi connectivity index (χ2v) is 5.99. The molecule has 0 bridgehead atoms. The van der Waals surface area contributed by atoms with Gasteiger partial charge in [-0.15, -0.1) is 0 Å². The summed E-state index contributed by atoms with van der Waals surface area (Å²) >= 11 is 0. The molecule has 0 unspecified atom stereocenters. The van der Waals surface area contributed by atoms with E-state index in [0.29, 0.717) is 18.4 Å². The Morgan fingerprint density at radius 2 is 2.05 bits per heavy atom. The Labute approximate surface area is 129 Å². The highest BCUT2D eigenvalue weighted by Gasteiger charge is 2.25. The van der Waals surface area contributed by atoms with Gasteiger partial charge in [-0.1, -0.05) is 6.42 Å². The summed E-state index contributed by atoms with van der Waals surface area (Å²) in [5.74, 6) is 0.637. The van der Waals surface area contributed by atoms with Crippen molar-refractivity contribution in [3.63, 3.8) is 0 Å². The Bertz CT molecular complexity index is 542. The van der Waals surface area contributed by atoms with Crippen LogP contribution in [0.5, 0.6) is 0 Å². The summed E-state index contributed by atoms with van der Waals surface area (Å²) in [6.45, 7) is 6.30. The van der Waals surface area contributed by atoms with Crippen molar-refractivity contribution in [2.45, 2.75) is 31.8 Å². The topological polar surface area (TPSA) is 100 Å². The van der Waals surface area contributed by atoms with Crippen LogP contribution in [0.1, 0.15) is 25.1 Å². The van der Waals surface area contributed by atoms with E-state index in [4.69, 9.17) is 10.5 Å². The number of nitrogens with one attached hydrogen (secondary N) is 1. The van der Waals surface area contributed by atoms with Crippen molar-refractivity contribution in [3.05, 3.63) is 16.3 Å². The number of anilines is 1. The average molecular weight is 308 g/mol. The largest absolute Gasteiger partial charge is 0.379 e. The van der Waals surface area contributed by atoms with Crippen molar-refractivity contribution in [2.75, 3.05) is 45.1 Å². The Morgan fingerprint density at radius 3 is 2.82 bits per heavy atom. The predicted octanol–water partition coefficient (Wildman–Crippen LogP) is -0.566. The van der Waals surface area contributed by atoms with Crippen molar-refractivity contribution in [1.82, 2.24) is 24.8 Å². The van der Waals surface area contributed by atoms with Gasteiger partial charge in [0.2, 0.25) is 5.95 Å². The van der Waals surface area contributed by atoms with Crippen molar-refractivity contribution >= 4 is 5.95 Å². The van der Waals surface area contributed by atoms with Crippen LogP contribution in [0.25, 0.3) is 0 Å². The van der Waals surface area contributed by atoms with Crippen molar-refractivity contribution < 1.29 is 4.74 Å². The van der Waals surface area contributed by atoms with Gasteiger partial charge in [0.05, 0.1) is 19.8 Å². The Kier molecular flexibility index (Phi) is 5.01. The van der Waals surface area contributed by atoms with Crippen LogP contribution in [0, 0.1) is 0 Å². The molecular formula is C14H24N6O2. The van der Waals surface area contributed by atoms with Crippen LogP contribution in [0.4, 0.5) is 5.95 Å². The van der Waals surface area contributed by atoms with Gasteiger partial charge in [0, 0.05) is 25.7 Å². The summed E-state index contributed by atoms with van der Waals surface area (Å²) < 4.78 is 5.44. The van der Waals surface area contributed by atoms with E-state index in [1.807, 2.05) is 0 Å². The lowest BCUT2D eigenvalue weighted by molar-refractivity contribution is 0.00845. The molecule has 0 aliphatic carbocycles. The number of rotatable bonds is 3. The van der Waals surface area contributed by atoms with E-state index in [0.717, 1.165) is 39.4 Å². The molecular weight excluding hydrogens is 284 g/mol. The second-order valence-electron chi connectivity index (χ2n) is 5.99. The van der Waals surface area contributed by atoms with E-state index in [2.05, 4.69) is 24.8 Å². The second kappa shape index (κ2) is 7.17. The maximum atomic E-state index is 11.4. The molecule has 8 heteroatoms. The minimum Gasteiger partial charge on any atom is -0.379 e. The third kappa shape index (κ3) is 4.02. The summed E-state index contributed by atoms with van der Waals surface area (Å²) in [6.07, 6.45) is 3.63. The average Bonchev–Trinajstić information content (AvgIpc) is 2.73. The molecule has 0 spiro atoms. The van der Waals surface area contributed by atoms with Crippen LogP contribution >= 0.6 is 0 Å². The monoisotopic (exact) mass is 308 g/mol. The Hall–Kier alpha value is -1.51.